The Balaban J connectivity index is 1.57. The molecule has 2 aliphatic rings. The van der Waals surface area contributed by atoms with Gasteiger partial charge in [0.1, 0.15) is 48.8 Å². The highest BCUT2D eigenvalue weighted by atomic mass is 16.7. The summed E-state index contributed by atoms with van der Waals surface area (Å²) in [7, 11) is 0. The third-order valence-corrected chi connectivity index (χ3v) is 7.78. The first-order valence-electron chi connectivity index (χ1n) is 15.1. The Labute approximate surface area is 242 Å². The molecule has 10 atom stereocenters. The van der Waals surface area contributed by atoms with Gasteiger partial charge in [-0.05, 0) is 12.8 Å². The number of carbonyl (C=O) groups is 1. The van der Waals surface area contributed by atoms with Gasteiger partial charge in [0.25, 0.3) is 0 Å². The molecular weight excluding hydrogens is 544 g/mol. The molecule has 13 heteroatoms. The maximum atomic E-state index is 10.6. The molecule has 41 heavy (non-hydrogen) atoms. The predicted octanol–water partition coefficient (Wildman–Crippen LogP) is 0.173. The lowest BCUT2D eigenvalue weighted by Crippen LogP contribution is -2.64. The molecule has 0 saturated carbocycles. The van der Waals surface area contributed by atoms with Gasteiger partial charge in [0.05, 0.1) is 13.2 Å². The van der Waals surface area contributed by atoms with Gasteiger partial charge in [0.2, 0.25) is 0 Å². The highest BCUT2D eigenvalue weighted by Gasteiger charge is 2.50. The van der Waals surface area contributed by atoms with E-state index < -0.39 is 80.6 Å². The van der Waals surface area contributed by atoms with Crippen LogP contribution in [-0.2, 0) is 23.7 Å². The highest BCUT2D eigenvalue weighted by Crippen LogP contribution is 2.29. The summed E-state index contributed by atoms with van der Waals surface area (Å²) in [5.74, 6) is -0.718. The van der Waals surface area contributed by atoms with Crippen LogP contribution in [0.5, 0.6) is 0 Å². The lowest BCUT2D eigenvalue weighted by Gasteiger charge is -2.45. The fourth-order valence-electron chi connectivity index (χ4n) is 5.22. The number of hydrogen-bond donors (Lipinski definition) is 8. The molecule has 0 aromatic carbocycles. The number of aliphatic hydroxyl groups excluding tert-OH is 7. The van der Waals surface area contributed by atoms with Crippen molar-refractivity contribution in [1.29, 1.82) is 0 Å². The molecule has 0 aromatic heterocycles. The Bertz CT molecular complexity index is 694. The van der Waals surface area contributed by atoms with Crippen LogP contribution in [0.15, 0.2) is 0 Å². The Hall–Kier alpha value is -0.970. The van der Waals surface area contributed by atoms with Gasteiger partial charge in [-0.1, -0.05) is 70.6 Å². The van der Waals surface area contributed by atoms with Gasteiger partial charge in [-0.15, -0.1) is 0 Å². The van der Waals surface area contributed by atoms with Crippen molar-refractivity contribution in [3.63, 3.8) is 0 Å². The summed E-state index contributed by atoms with van der Waals surface area (Å²) < 4.78 is 22.1. The van der Waals surface area contributed by atoms with E-state index in [0.717, 1.165) is 44.9 Å². The molecule has 242 valence electrons. The molecule has 0 spiro atoms. The number of carboxylic acids is 1. The second-order valence-electron chi connectivity index (χ2n) is 11.1. The number of ether oxygens (including phenoxy) is 4. The van der Waals surface area contributed by atoms with Crippen LogP contribution < -0.4 is 0 Å². The van der Waals surface area contributed by atoms with Crippen LogP contribution in [0.2, 0.25) is 0 Å². The molecule has 2 heterocycles. The van der Waals surface area contributed by atoms with E-state index >= 15 is 0 Å². The second-order valence-corrected chi connectivity index (χ2v) is 11.1. The number of rotatable bonds is 21. The summed E-state index contributed by atoms with van der Waals surface area (Å²) >= 11 is 0. The average molecular weight is 597 g/mol. The van der Waals surface area contributed by atoms with E-state index in [4.69, 9.17) is 24.1 Å². The van der Waals surface area contributed by atoms with E-state index in [9.17, 15) is 40.5 Å². The van der Waals surface area contributed by atoms with Gasteiger partial charge in [-0.2, -0.15) is 0 Å². The maximum absolute atomic E-state index is 10.6. The third kappa shape index (κ3) is 12.3. The minimum absolute atomic E-state index is 0.267. The fraction of sp³-hybridized carbons (Fsp3) is 0.964. The Morgan fingerprint density at radius 1 is 0.561 bits per heavy atom. The van der Waals surface area contributed by atoms with Crippen molar-refractivity contribution < 1.29 is 64.6 Å². The Morgan fingerprint density at radius 3 is 1.54 bits per heavy atom. The Kier molecular flexibility index (Phi) is 17.7. The molecule has 2 aliphatic heterocycles. The zero-order chi connectivity index (χ0) is 30.2. The van der Waals surface area contributed by atoms with E-state index in [-0.39, 0.29) is 13.0 Å². The molecule has 2 saturated heterocycles. The quantitative estimate of drug-likeness (QED) is 0.0831. The first kappa shape index (κ1) is 36.2. The average Bonchev–Trinajstić information content (AvgIpc) is 2.96. The first-order chi connectivity index (χ1) is 19.7. The van der Waals surface area contributed by atoms with Crippen LogP contribution in [0.1, 0.15) is 89.9 Å². The molecule has 0 amide bonds. The van der Waals surface area contributed by atoms with Gasteiger partial charge < -0.3 is 59.8 Å². The maximum Gasteiger partial charge on any atom is 0.303 e. The standard InChI is InChI=1S/C28H52O13/c29-16-18-21(33)22(34)24(36)28(39-18)41-26-19(17-30)40-27(25(37)23(26)35)38-15-13-11-9-7-5-3-1-2-4-6-8-10-12-14-20(31)32/h18-19,21-30,33-37H,1-17H2,(H,31,32)/t18-,19-,21-,22+,23-,24-,25-,26-,27-,28+/m1/s1. The van der Waals surface area contributed by atoms with Gasteiger partial charge in [0.15, 0.2) is 12.6 Å². The van der Waals surface area contributed by atoms with E-state index in [0.29, 0.717) is 0 Å². The summed E-state index contributed by atoms with van der Waals surface area (Å²) in [4.78, 5) is 10.5. The van der Waals surface area contributed by atoms with Crippen molar-refractivity contribution >= 4 is 5.97 Å². The minimum Gasteiger partial charge on any atom is -0.481 e. The molecule has 0 bridgehead atoms. The summed E-state index contributed by atoms with van der Waals surface area (Å²) in [6, 6.07) is 0. The van der Waals surface area contributed by atoms with Crippen LogP contribution >= 0.6 is 0 Å². The van der Waals surface area contributed by atoms with Gasteiger partial charge >= 0.3 is 5.97 Å². The first-order valence-corrected chi connectivity index (χ1v) is 15.1. The smallest absolute Gasteiger partial charge is 0.303 e. The van der Waals surface area contributed by atoms with Crippen molar-refractivity contribution in [2.24, 2.45) is 0 Å². The number of aliphatic carboxylic acids is 1. The third-order valence-electron chi connectivity index (χ3n) is 7.78. The summed E-state index contributed by atoms with van der Waals surface area (Å²) in [6.07, 6.45) is -0.371. The molecule has 0 unspecified atom stereocenters. The van der Waals surface area contributed by atoms with Crippen LogP contribution in [-0.4, -0.2) is 128 Å². The van der Waals surface area contributed by atoms with E-state index in [2.05, 4.69) is 0 Å². The van der Waals surface area contributed by atoms with E-state index in [1.54, 1.807) is 0 Å². The van der Waals surface area contributed by atoms with Crippen LogP contribution in [0.3, 0.4) is 0 Å². The largest absolute Gasteiger partial charge is 0.481 e. The molecule has 0 aromatic rings. The van der Waals surface area contributed by atoms with Gasteiger partial charge in [-0.3, -0.25) is 4.79 Å². The van der Waals surface area contributed by atoms with Crippen LogP contribution in [0, 0.1) is 0 Å². The number of aliphatic hydroxyl groups is 7. The molecule has 13 nitrogen and oxygen atoms in total. The zero-order valence-corrected chi connectivity index (χ0v) is 23.9. The van der Waals surface area contributed by atoms with E-state index in [1.165, 1.54) is 38.5 Å². The van der Waals surface area contributed by atoms with Crippen molar-refractivity contribution in [2.75, 3.05) is 19.8 Å². The van der Waals surface area contributed by atoms with Gasteiger partial charge in [-0.25, -0.2) is 0 Å². The lowest BCUT2D eigenvalue weighted by atomic mass is 9.97. The summed E-state index contributed by atoms with van der Waals surface area (Å²) in [6.45, 7) is -0.966. The van der Waals surface area contributed by atoms with E-state index in [1.807, 2.05) is 0 Å². The Morgan fingerprint density at radius 2 is 1.02 bits per heavy atom. The summed E-state index contributed by atoms with van der Waals surface area (Å²) in [5, 5.41) is 79.0. The SMILES string of the molecule is O=C(O)CCCCCCCCCCCCCCCO[C@@H]1O[C@H](CO)[C@@H](O[C@@H]2O[C@H](CO)[C@@H](O)[C@H](O)[C@H]2O)[C@H](O)[C@H]1O. The highest BCUT2D eigenvalue weighted by molar-refractivity contribution is 5.66. The molecule has 0 aliphatic carbocycles. The minimum atomic E-state index is -1.71. The van der Waals surface area contributed by atoms with Crippen molar-refractivity contribution in [2.45, 2.75) is 151 Å². The molecule has 0 radical (unpaired) electrons. The molecular formula is C28H52O13. The zero-order valence-electron chi connectivity index (χ0n) is 23.9. The fourth-order valence-corrected chi connectivity index (χ4v) is 5.22. The normalized spacial score (nSPS) is 34.1. The van der Waals surface area contributed by atoms with Crippen molar-refractivity contribution in [3.8, 4) is 0 Å². The molecule has 2 fully saturated rings. The number of unbranched alkanes of at least 4 members (excludes halogenated alkanes) is 12. The molecule has 8 N–H and O–H groups in total. The second kappa shape index (κ2) is 20.1. The van der Waals surface area contributed by atoms with Crippen LogP contribution in [0.25, 0.3) is 0 Å². The van der Waals surface area contributed by atoms with Crippen molar-refractivity contribution in [1.82, 2.24) is 0 Å². The number of carboxylic acid groups (broad SMARTS) is 1. The van der Waals surface area contributed by atoms with Crippen molar-refractivity contribution in [3.05, 3.63) is 0 Å². The topological polar surface area (TPSA) is 216 Å². The predicted molar refractivity (Wildman–Crippen MR) is 145 cm³/mol. The number of hydrogen-bond acceptors (Lipinski definition) is 12. The monoisotopic (exact) mass is 596 g/mol. The summed E-state index contributed by atoms with van der Waals surface area (Å²) in [5.41, 5.74) is 0. The lowest BCUT2D eigenvalue weighted by molar-refractivity contribution is -0.359. The van der Waals surface area contributed by atoms with Crippen LogP contribution in [0.4, 0.5) is 0 Å². The van der Waals surface area contributed by atoms with Gasteiger partial charge in [0, 0.05) is 13.0 Å². The molecule has 2 rings (SSSR count).